The summed E-state index contributed by atoms with van der Waals surface area (Å²) in [5, 5.41) is 21.8. The van der Waals surface area contributed by atoms with Gasteiger partial charge in [0.25, 0.3) is 11.6 Å². The van der Waals surface area contributed by atoms with Crippen molar-refractivity contribution in [2.75, 3.05) is 20.1 Å². The molecule has 1 aliphatic rings. The average molecular weight is 353 g/mol. The van der Waals surface area contributed by atoms with Crippen molar-refractivity contribution in [1.82, 2.24) is 25.2 Å². The molecule has 1 aliphatic heterocycles. The van der Waals surface area contributed by atoms with E-state index in [1.54, 1.807) is 24.1 Å². The zero-order chi connectivity index (χ0) is 16.4. The number of hydrogen-bond acceptors (Lipinski definition) is 6. The van der Waals surface area contributed by atoms with Crippen LogP contribution < -0.4 is 5.32 Å². The van der Waals surface area contributed by atoms with Crippen LogP contribution in [0.1, 0.15) is 16.9 Å². The number of amides is 1. The van der Waals surface area contributed by atoms with Gasteiger partial charge in [-0.25, -0.2) is 4.68 Å². The van der Waals surface area contributed by atoms with Gasteiger partial charge in [-0.2, -0.15) is 0 Å². The summed E-state index contributed by atoms with van der Waals surface area (Å²) in [5.74, 6) is -0.213. The predicted molar refractivity (Wildman–Crippen MR) is 88.6 cm³/mol. The maximum absolute atomic E-state index is 12.4. The minimum Gasteiger partial charge on any atom is -0.336 e. The van der Waals surface area contributed by atoms with Crippen LogP contribution in [-0.4, -0.2) is 56.9 Å². The van der Waals surface area contributed by atoms with Crippen LogP contribution in [0.5, 0.6) is 0 Å². The number of nitro benzene ring substituents is 1. The number of nitrogens with one attached hydrogen (secondary N) is 1. The summed E-state index contributed by atoms with van der Waals surface area (Å²) in [6, 6.07) is 6.15. The first-order valence-electron chi connectivity index (χ1n) is 7.21. The second kappa shape index (κ2) is 7.37. The van der Waals surface area contributed by atoms with E-state index in [1.165, 1.54) is 23.0 Å². The Kier molecular flexibility index (Phi) is 5.47. The summed E-state index contributed by atoms with van der Waals surface area (Å²) < 4.78 is 1.36. The van der Waals surface area contributed by atoms with Crippen molar-refractivity contribution < 1.29 is 9.72 Å². The fraction of sp³-hybridized carbons (Fsp3) is 0.357. The van der Waals surface area contributed by atoms with Crippen molar-refractivity contribution >= 4 is 24.0 Å². The van der Waals surface area contributed by atoms with Gasteiger partial charge in [-0.05, 0) is 19.0 Å². The molecule has 0 bridgehead atoms. The minimum atomic E-state index is -0.479. The van der Waals surface area contributed by atoms with E-state index in [9.17, 15) is 14.9 Å². The first-order chi connectivity index (χ1) is 11.1. The predicted octanol–water partition coefficient (Wildman–Crippen LogP) is 1.03. The van der Waals surface area contributed by atoms with Crippen LogP contribution in [0, 0.1) is 10.1 Å². The smallest absolute Gasteiger partial charge is 0.276 e. The molecule has 1 unspecified atom stereocenters. The Morgan fingerprint density at radius 2 is 2.29 bits per heavy atom. The van der Waals surface area contributed by atoms with E-state index >= 15 is 0 Å². The Hall–Kier alpha value is -2.52. The lowest BCUT2D eigenvalue weighted by Crippen LogP contribution is -2.38. The van der Waals surface area contributed by atoms with Gasteiger partial charge in [-0.15, -0.1) is 17.5 Å². The average Bonchev–Trinajstić information content (AvgIpc) is 3.25. The molecule has 1 saturated heterocycles. The third-order valence-electron chi connectivity index (χ3n) is 3.92. The Labute approximate surface area is 144 Å². The molecule has 1 aromatic heterocycles. The van der Waals surface area contributed by atoms with Gasteiger partial charge in [-0.3, -0.25) is 14.9 Å². The molecule has 0 radical (unpaired) electrons. The number of nitro groups is 1. The molecule has 3 rings (SSSR count). The molecule has 1 fully saturated rings. The van der Waals surface area contributed by atoms with Crippen LogP contribution in [0.3, 0.4) is 0 Å². The third kappa shape index (κ3) is 3.52. The number of likely N-dealkylation sites (N-methyl/N-ethyl adjacent to an activating group) is 1. The number of rotatable bonds is 4. The van der Waals surface area contributed by atoms with Crippen LogP contribution in [0.25, 0.3) is 5.69 Å². The molecule has 0 saturated carbocycles. The molecule has 2 heterocycles. The Bertz CT molecular complexity index is 744. The van der Waals surface area contributed by atoms with Gasteiger partial charge in [0.05, 0.1) is 16.8 Å². The molecule has 1 atom stereocenters. The first-order valence-corrected chi connectivity index (χ1v) is 7.21. The zero-order valence-electron chi connectivity index (χ0n) is 13.0. The van der Waals surface area contributed by atoms with Crippen molar-refractivity contribution in [3.05, 3.63) is 46.3 Å². The Balaban J connectivity index is 0.00000208. The van der Waals surface area contributed by atoms with Gasteiger partial charge in [0.1, 0.15) is 0 Å². The summed E-state index contributed by atoms with van der Waals surface area (Å²) in [5.41, 5.74) is 0.655. The molecular weight excluding hydrogens is 336 g/mol. The summed E-state index contributed by atoms with van der Waals surface area (Å²) in [7, 11) is 1.74. The van der Waals surface area contributed by atoms with E-state index in [1.807, 2.05) is 0 Å². The van der Waals surface area contributed by atoms with Crippen LogP contribution >= 0.6 is 12.4 Å². The molecule has 1 N–H and O–H groups in total. The highest BCUT2D eigenvalue weighted by atomic mass is 35.5. The molecule has 0 spiro atoms. The standard InChI is InChI=1S/C14H16N6O3.ClH/c1-18(12-5-6-15-8-12)14(21)13-9-19(17-16-13)10-3-2-4-11(7-10)20(22)23;/h2-4,7,9,12,15H,5-6,8H2,1H3;1H. The summed E-state index contributed by atoms with van der Waals surface area (Å²) in [6.45, 7) is 1.66. The number of carbonyl (C=O) groups is 1. The highest BCUT2D eigenvalue weighted by molar-refractivity contribution is 5.92. The van der Waals surface area contributed by atoms with Crippen molar-refractivity contribution in [2.45, 2.75) is 12.5 Å². The zero-order valence-corrected chi connectivity index (χ0v) is 13.8. The van der Waals surface area contributed by atoms with E-state index in [2.05, 4.69) is 15.6 Å². The number of non-ortho nitro benzene ring substituents is 1. The highest BCUT2D eigenvalue weighted by Crippen LogP contribution is 2.17. The van der Waals surface area contributed by atoms with Crippen LogP contribution in [0.15, 0.2) is 30.5 Å². The largest absolute Gasteiger partial charge is 0.336 e. The molecule has 128 valence electrons. The topological polar surface area (TPSA) is 106 Å². The summed E-state index contributed by atoms with van der Waals surface area (Å²) >= 11 is 0. The highest BCUT2D eigenvalue weighted by Gasteiger charge is 2.25. The van der Waals surface area contributed by atoms with E-state index < -0.39 is 4.92 Å². The molecule has 1 amide bonds. The van der Waals surface area contributed by atoms with Gasteiger partial charge in [-0.1, -0.05) is 11.3 Å². The Morgan fingerprint density at radius 3 is 2.96 bits per heavy atom. The summed E-state index contributed by atoms with van der Waals surface area (Å²) in [4.78, 5) is 24.4. The molecule has 9 nitrogen and oxygen atoms in total. The SMILES string of the molecule is CN(C(=O)c1cn(-c2cccc([N+](=O)[O-])c2)nn1)C1CCNC1.Cl. The number of carbonyl (C=O) groups excluding carboxylic acids is 1. The minimum absolute atomic E-state index is 0. The second-order valence-corrected chi connectivity index (χ2v) is 5.39. The lowest BCUT2D eigenvalue weighted by molar-refractivity contribution is -0.384. The van der Waals surface area contributed by atoms with Crippen LogP contribution in [-0.2, 0) is 0 Å². The fourth-order valence-electron chi connectivity index (χ4n) is 2.55. The molecule has 2 aromatic rings. The molecule has 10 heteroatoms. The molecule has 24 heavy (non-hydrogen) atoms. The number of halogens is 1. The van der Waals surface area contributed by atoms with E-state index in [0.717, 1.165) is 19.5 Å². The van der Waals surface area contributed by atoms with E-state index in [-0.39, 0.29) is 35.7 Å². The second-order valence-electron chi connectivity index (χ2n) is 5.39. The number of hydrogen-bond donors (Lipinski definition) is 1. The first kappa shape index (κ1) is 17.8. The number of aromatic nitrogens is 3. The maximum Gasteiger partial charge on any atom is 0.276 e. The summed E-state index contributed by atoms with van der Waals surface area (Å²) in [6.07, 6.45) is 2.39. The maximum atomic E-state index is 12.4. The monoisotopic (exact) mass is 352 g/mol. The third-order valence-corrected chi connectivity index (χ3v) is 3.92. The van der Waals surface area contributed by atoms with Crippen molar-refractivity contribution in [1.29, 1.82) is 0 Å². The molecular formula is C14H17ClN6O3. The normalized spacial score (nSPS) is 16.5. The number of benzene rings is 1. The Morgan fingerprint density at radius 1 is 1.50 bits per heavy atom. The van der Waals surface area contributed by atoms with Crippen LogP contribution in [0.4, 0.5) is 5.69 Å². The van der Waals surface area contributed by atoms with Gasteiger partial charge >= 0.3 is 0 Å². The fourth-order valence-corrected chi connectivity index (χ4v) is 2.55. The van der Waals surface area contributed by atoms with Crippen molar-refractivity contribution in [3.63, 3.8) is 0 Å². The molecule has 0 aliphatic carbocycles. The quantitative estimate of drug-likeness (QED) is 0.650. The van der Waals surface area contributed by atoms with Gasteiger partial charge in [0.2, 0.25) is 0 Å². The lowest BCUT2D eigenvalue weighted by atomic mass is 10.2. The number of nitrogens with zero attached hydrogens (tertiary/aromatic N) is 5. The van der Waals surface area contributed by atoms with Crippen molar-refractivity contribution in [3.8, 4) is 5.69 Å². The van der Waals surface area contributed by atoms with Gasteiger partial charge < -0.3 is 10.2 Å². The van der Waals surface area contributed by atoms with Gasteiger partial charge in [0, 0.05) is 31.8 Å². The van der Waals surface area contributed by atoms with Crippen LogP contribution in [0.2, 0.25) is 0 Å². The molecule has 1 aromatic carbocycles. The van der Waals surface area contributed by atoms with Crippen molar-refractivity contribution in [2.24, 2.45) is 0 Å². The van der Waals surface area contributed by atoms with E-state index in [0.29, 0.717) is 5.69 Å². The lowest BCUT2D eigenvalue weighted by Gasteiger charge is -2.22. The van der Waals surface area contributed by atoms with E-state index in [4.69, 9.17) is 0 Å². The van der Waals surface area contributed by atoms with Gasteiger partial charge in [0.15, 0.2) is 5.69 Å².